The molecule has 0 aromatic heterocycles. The van der Waals surface area contributed by atoms with Gasteiger partial charge in [0.1, 0.15) is 17.5 Å². The molecule has 2 aromatic rings. The minimum absolute atomic E-state index is 0.0997. The molecule has 1 aliphatic heterocycles. The Bertz CT molecular complexity index is 677. The Kier molecular flexibility index (Phi) is 7.39. The Morgan fingerprint density at radius 1 is 1.07 bits per heavy atom. The Labute approximate surface area is 161 Å². The van der Waals surface area contributed by atoms with E-state index in [0.717, 1.165) is 50.1 Å². The molecule has 27 heavy (non-hydrogen) atoms. The number of piperidine rings is 1. The molecule has 146 valence electrons. The molecule has 3 rings (SSSR count). The van der Waals surface area contributed by atoms with Crippen LogP contribution in [0.25, 0.3) is 0 Å². The topological polar surface area (TPSA) is 30.5 Å². The lowest BCUT2D eigenvalue weighted by molar-refractivity contribution is -0.173. The van der Waals surface area contributed by atoms with E-state index in [2.05, 4.69) is 24.4 Å². The summed E-state index contributed by atoms with van der Waals surface area (Å²) in [4.78, 5) is 0. The van der Waals surface area contributed by atoms with Crippen LogP contribution in [0.3, 0.4) is 0 Å². The molecule has 0 saturated carbocycles. The number of hydrogen-bond acceptors (Lipinski definition) is 3. The summed E-state index contributed by atoms with van der Waals surface area (Å²) in [5.74, 6) is -0.230. The average Bonchev–Trinajstić information content (AvgIpc) is 2.72. The molecule has 2 atom stereocenters. The van der Waals surface area contributed by atoms with Gasteiger partial charge in [0.25, 0.3) is 0 Å². The number of rotatable bonds is 9. The zero-order valence-electron chi connectivity index (χ0n) is 16.1. The predicted octanol–water partition coefficient (Wildman–Crippen LogP) is 4.81. The normalized spacial score (nSPS) is 22.7. The van der Waals surface area contributed by atoms with E-state index in [-0.39, 0.29) is 11.9 Å². The summed E-state index contributed by atoms with van der Waals surface area (Å²) >= 11 is 0. The van der Waals surface area contributed by atoms with Crippen LogP contribution < -0.4 is 5.32 Å². The van der Waals surface area contributed by atoms with Crippen molar-refractivity contribution >= 4 is 0 Å². The van der Waals surface area contributed by atoms with E-state index in [1.54, 1.807) is 0 Å². The molecular formula is C23H30FNO2. The Hall–Kier alpha value is -1.75. The van der Waals surface area contributed by atoms with E-state index in [1.165, 1.54) is 18.6 Å². The van der Waals surface area contributed by atoms with Gasteiger partial charge < -0.3 is 14.8 Å². The van der Waals surface area contributed by atoms with E-state index in [4.69, 9.17) is 9.47 Å². The lowest BCUT2D eigenvalue weighted by atomic mass is 9.82. The van der Waals surface area contributed by atoms with Crippen LogP contribution in [0.15, 0.2) is 54.6 Å². The molecule has 4 heteroatoms. The third-order valence-corrected chi connectivity index (χ3v) is 5.26. The minimum atomic E-state index is -0.568. The van der Waals surface area contributed by atoms with Gasteiger partial charge in [0.05, 0.1) is 6.61 Å². The van der Waals surface area contributed by atoms with Gasteiger partial charge in [-0.15, -0.1) is 0 Å². The first-order valence-corrected chi connectivity index (χ1v) is 10.0. The molecule has 1 N–H and O–H groups in total. The third kappa shape index (κ3) is 5.16. The summed E-state index contributed by atoms with van der Waals surface area (Å²) in [5.41, 5.74) is 1.55. The van der Waals surface area contributed by atoms with Gasteiger partial charge in [-0.2, -0.15) is 0 Å². The van der Waals surface area contributed by atoms with Crippen LogP contribution in [-0.4, -0.2) is 25.8 Å². The monoisotopic (exact) mass is 371 g/mol. The third-order valence-electron chi connectivity index (χ3n) is 5.26. The summed E-state index contributed by atoms with van der Waals surface area (Å²) in [6, 6.07) is 16.9. The van der Waals surface area contributed by atoms with Crippen molar-refractivity contribution in [3.8, 4) is 0 Å². The van der Waals surface area contributed by atoms with E-state index >= 15 is 0 Å². The van der Waals surface area contributed by atoms with Crippen molar-refractivity contribution in [2.75, 3.05) is 19.7 Å². The van der Waals surface area contributed by atoms with Crippen LogP contribution >= 0.6 is 0 Å². The second-order valence-corrected chi connectivity index (χ2v) is 7.19. The van der Waals surface area contributed by atoms with Crippen molar-refractivity contribution in [3.63, 3.8) is 0 Å². The van der Waals surface area contributed by atoms with Crippen molar-refractivity contribution in [2.24, 2.45) is 0 Å². The lowest BCUT2D eigenvalue weighted by Gasteiger charge is -2.44. The SMILES string of the molecule is CCCCCOC1CNCCC1(OCc1ccccc1)c1ccc(F)cc1. The molecule has 1 saturated heterocycles. The fraction of sp³-hybridized carbons (Fsp3) is 0.478. The van der Waals surface area contributed by atoms with Gasteiger partial charge in [0.2, 0.25) is 0 Å². The van der Waals surface area contributed by atoms with Crippen molar-refractivity contribution < 1.29 is 13.9 Å². The van der Waals surface area contributed by atoms with Crippen LogP contribution in [0.5, 0.6) is 0 Å². The Morgan fingerprint density at radius 3 is 2.59 bits per heavy atom. The van der Waals surface area contributed by atoms with Crippen LogP contribution in [0.1, 0.15) is 43.7 Å². The van der Waals surface area contributed by atoms with Crippen LogP contribution in [0.2, 0.25) is 0 Å². The minimum Gasteiger partial charge on any atom is -0.374 e. The predicted molar refractivity (Wildman–Crippen MR) is 106 cm³/mol. The maximum Gasteiger partial charge on any atom is 0.123 e. The Morgan fingerprint density at radius 2 is 1.85 bits per heavy atom. The molecule has 1 aliphatic rings. The van der Waals surface area contributed by atoms with Gasteiger partial charge >= 0.3 is 0 Å². The molecule has 3 nitrogen and oxygen atoms in total. The second-order valence-electron chi connectivity index (χ2n) is 7.19. The number of unbranched alkanes of at least 4 members (excludes halogenated alkanes) is 2. The molecule has 1 heterocycles. The van der Waals surface area contributed by atoms with Gasteiger partial charge in [-0.1, -0.05) is 62.2 Å². The fourth-order valence-corrected chi connectivity index (χ4v) is 3.70. The maximum atomic E-state index is 13.5. The molecular weight excluding hydrogens is 341 g/mol. The number of ether oxygens (including phenoxy) is 2. The van der Waals surface area contributed by atoms with Gasteiger partial charge in [0, 0.05) is 13.2 Å². The first-order valence-electron chi connectivity index (χ1n) is 10.0. The van der Waals surface area contributed by atoms with Crippen LogP contribution in [0.4, 0.5) is 4.39 Å². The van der Waals surface area contributed by atoms with Crippen molar-refractivity contribution in [3.05, 3.63) is 71.5 Å². The summed E-state index contributed by atoms with van der Waals surface area (Å²) < 4.78 is 26.4. The highest BCUT2D eigenvalue weighted by atomic mass is 19.1. The maximum absolute atomic E-state index is 13.5. The van der Waals surface area contributed by atoms with Crippen molar-refractivity contribution in [1.29, 1.82) is 0 Å². The first kappa shape index (κ1) is 20.0. The summed E-state index contributed by atoms with van der Waals surface area (Å²) in [6.45, 7) is 5.00. The Balaban J connectivity index is 1.83. The lowest BCUT2D eigenvalue weighted by Crippen LogP contribution is -2.54. The average molecular weight is 371 g/mol. The number of hydrogen-bond donors (Lipinski definition) is 1. The zero-order chi connectivity index (χ0) is 19.0. The molecule has 1 fully saturated rings. The van der Waals surface area contributed by atoms with Crippen molar-refractivity contribution in [2.45, 2.75) is 50.9 Å². The second kappa shape index (κ2) is 9.98. The van der Waals surface area contributed by atoms with Crippen molar-refractivity contribution in [1.82, 2.24) is 5.32 Å². The fourth-order valence-electron chi connectivity index (χ4n) is 3.70. The van der Waals surface area contributed by atoms with Crippen LogP contribution in [0, 0.1) is 5.82 Å². The summed E-state index contributed by atoms with van der Waals surface area (Å²) in [6.07, 6.45) is 4.07. The quantitative estimate of drug-likeness (QED) is 0.642. The van der Waals surface area contributed by atoms with Gasteiger partial charge in [-0.3, -0.25) is 0 Å². The van der Waals surface area contributed by atoms with Gasteiger partial charge in [-0.25, -0.2) is 4.39 Å². The van der Waals surface area contributed by atoms with Gasteiger partial charge in [-0.05, 0) is 42.6 Å². The molecule has 2 aromatic carbocycles. The smallest absolute Gasteiger partial charge is 0.123 e. The molecule has 0 radical (unpaired) electrons. The summed E-state index contributed by atoms with van der Waals surface area (Å²) in [7, 11) is 0. The summed E-state index contributed by atoms with van der Waals surface area (Å²) in [5, 5.41) is 3.43. The highest BCUT2D eigenvalue weighted by Crippen LogP contribution is 2.38. The van der Waals surface area contributed by atoms with E-state index < -0.39 is 5.60 Å². The number of halogens is 1. The number of benzene rings is 2. The van der Waals surface area contributed by atoms with E-state index in [0.29, 0.717) is 6.61 Å². The highest BCUT2D eigenvalue weighted by Gasteiger charge is 2.44. The molecule has 0 spiro atoms. The molecule has 0 bridgehead atoms. The van der Waals surface area contributed by atoms with Crippen LogP contribution in [-0.2, 0) is 21.7 Å². The highest BCUT2D eigenvalue weighted by molar-refractivity contribution is 5.27. The molecule has 2 unspecified atom stereocenters. The largest absolute Gasteiger partial charge is 0.374 e. The van der Waals surface area contributed by atoms with E-state index in [1.807, 2.05) is 30.3 Å². The van der Waals surface area contributed by atoms with Gasteiger partial charge in [0.15, 0.2) is 0 Å². The standard InChI is InChI=1S/C23H30FNO2/c1-2-3-7-16-26-22-17-25-15-14-23(22,20-10-12-21(24)13-11-20)27-18-19-8-5-4-6-9-19/h4-6,8-13,22,25H,2-3,7,14-18H2,1H3. The molecule has 0 aliphatic carbocycles. The zero-order valence-corrected chi connectivity index (χ0v) is 16.1. The first-order chi connectivity index (χ1) is 13.2. The number of nitrogens with one attached hydrogen (secondary N) is 1. The molecule has 0 amide bonds. The van der Waals surface area contributed by atoms with E-state index in [9.17, 15) is 4.39 Å².